The summed E-state index contributed by atoms with van der Waals surface area (Å²) in [5.74, 6) is -0.746. The lowest BCUT2D eigenvalue weighted by Crippen LogP contribution is -2.27. The fraction of sp³-hybridized carbons (Fsp3) is 0.222. The highest BCUT2D eigenvalue weighted by molar-refractivity contribution is 8.00. The van der Waals surface area contributed by atoms with Gasteiger partial charge in [0, 0.05) is 10.9 Å². The molecule has 24 heavy (non-hydrogen) atoms. The van der Waals surface area contributed by atoms with Crippen LogP contribution < -0.4 is 10.6 Å². The van der Waals surface area contributed by atoms with E-state index >= 15 is 0 Å². The van der Waals surface area contributed by atoms with Gasteiger partial charge in [-0.05, 0) is 37.1 Å². The molecule has 1 fully saturated rings. The van der Waals surface area contributed by atoms with Crippen LogP contribution in [0.3, 0.4) is 0 Å². The van der Waals surface area contributed by atoms with Gasteiger partial charge in [-0.3, -0.25) is 9.59 Å². The number of anilines is 1. The van der Waals surface area contributed by atoms with E-state index in [9.17, 15) is 14.0 Å². The van der Waals surface area contributed by atoms with Crippen LogP contribution in [0.4, 0.5) is 10.1 Å². The van der Waals surface area contributed by atoms with Gasteiger partial charge in [-0.15, -0.1) is 11.8 Å². The summed E-state index contributed by atoms with van der Waals surface area (Å²) in [4.78, 5) is 24.7. The third-order valence-corrected chi connectivity index (χ3v) is 4.60. The lowest BCUT2D eigenvalue weighted by Gasteiger charge is -2.11. The molecule has 1 saturated carbocycles. The maximum absolute atomic E-state index is 13.6. The molecular weight excluding hydrogens is 327 g/mol. The van der Waals surface area contributed by atoms with Crippen LogP contribution in [0.2, 0.25) is 0 Å². The third-order valence-electron chi connectivity index (χ3n) is 3.55. The molecule has 0 saturated heterocycles. The predicted octanol–water partition coefficient (Wildman–Crippen LogP) is 3.45. The lowest BCUT2D eigenvalue weighted by atomic mass is 10.1. The Balaban J connectivity index is 1.61. The second kappa shape index (κ2) is 7.49. The number of amides is 2. The Kier molecular flexibility index (Phi) is 5.15. The Morgan fingerprint density at radius 1 is 1.08 bits per heavy atom. The van der Waals surface area contributed by atoms with Crippen LogP contribution in [0, 0.1) is 5.82 Å². The Labute approximate surface area is 143 Å². The zero-order chi connectivity index (χ0) is 16.9. The van der Waals surface area contributed by atoms with E-state index in [0.717, 1.165) is 24.6 Å². The molecule has 1 aliphatic rings. The molecule has 1 aliphatic carbocycles. The maximum atomic E-state index is 13.6. The van der Waals surface area contributed by atoms with Crippen molar-refractivity contribution in [2.24, 2.45) is 0 Å². The van der Waals surface area contributed by atoms with Gasteiger partial charge in [-0.1, -0.05) is 24.3 Å². The first kappa shape index (κ1) is 16.5. The van der Waals surface area contributed by atoms with Crippen molar-refractivity contribution in [3.8, 4) is 0 Å². The minimum atomic E-state index is -0.348. The van der Waals surface area contributed by atoms with E-state index in [1.54, 1.807) is 42.5 Å². The zero-order valence-electron chi connectivity index (χ0n) is 12.9. The van der Waals surface area contributed by atoms with Crippen LogP contribution in [0.5, 0.6) is 0 Å². The highest BCUT2D eigenvalue weighted by atomic mass is 32.2. The normalized spacial score (nSPS) is 13.4. The maximum Gasteiger partial charge on any atom is 0.253 e. The van der Waals surface area contributed by atoms with E-state index < -0.39 is 0 Å². The van der Waals surface area contributed by atoms with Crippen molar-refractivity contribution in [1.82, 2.24) is 5.32 Å². The highest BCUT2D eigenvalue weighted by Crippen LogP contribution is 2.23. The molecule has 124 valence electrons. The SMILES string of the molecule is O=C(CSc1ccccc1F)Nc1ccccc1C(=O)NC1CC1. The van der Waals surface area contributed by atoms with Gasteiger partial charge < -0.3 is 10.6 Å². The van der Waals surface area contributed by atoms with Crippen molar-refractivity contribution < 1.29 is 14.0 Å². The van der Waals surface area contributed by atoms with E-state index in [1.807, 2.05) is 0 Å². The van der Waals surface area contributed by atoms with Gasteiger partial charge in [-0.25, -0.2) is 4.39 Å². The number of rotatable bonds is 6. The fourth-order valence-corrected chi connectivity index (χ4v) is 2.91. The molecule has 0 unspecified atom stereocenters. The summed E-state index contributed by atoms with van der Waals surface area (Å²) >= 11 is 1.12. The smallest absolute Gasteiger partial charge is 0.253 e. The average molecular weight is 344 g/mol. The molecule has 6 heteroatoms. The number of halogens is 1. The van der Waals surface area contributed by atoms with Crippen molar-refractivity contribution >= 4 is 29.3 Å². The minimum Gasteiger partial charge on any atom is -0.349 e. The molecule has 0 radical (unpaired) electrons. The van der Waals surface area contributed by atoms with Crippen molar-refractivity contribution in [3.63, 3.8) is 0 Å². The summed E-state index contributed by atoms with van der Waals surface area (Å²) in [7, 11) is 0. The first-order chi connectivity index (χ1) is 11.6. The molecule has 4 nitrogen and oxygen atoms in total. The van der Waals surface area contributed by atoms with E-state index in [4.69, 9.17) is 0 Å². The van der Waals surface area contributed by atoms with Crippen LogP contribution in [0.15, 0.2) is 53.4 Å². The predicted molar refractivity (Wildman–Crippen MR) is 92.7 cm³/mol. The molecule has 2 amide bonds. The molecule has 2 aromatic carbocycles. The van der Waals surface area contributed by atoms with Crippen molar-refractivity contribution in [1.29, 1.82) is 0 Å². The number of para-hydroxylation sites is 1. The molecule has 2 N–H and O–H groups in total. The summed E-state index contributed by atoms with van der Waals surface area (Å²) in [6.45, 7) is 0. The van der Waals surface area contributed by atoms with Crippen LogP contribution in [-0.2, 0) is 4.79 Å². The Morgan fingerprint density at radius 3 is 2.54 bits per heavy atom. The summed E-state index contributed by atoms with van der Waals surface area (Å²) in [5.41, 5.74) is 0.906. The fourth-order valence-electron chi connectivity index (χ4n) is 2.17. The van der Waals surface area contributed by atoms with Crippen molar-refractivity contribution in [3.05, 3.63) is 59.9 Å². The number of carbonyl (C=O) groups is 2. The second-order valence-corrected chi connectivity index (χ2v) is 6.58. The minimum absolute atomic E-state index is 0.0690. The number of benzene rings is 2. The van der Waals surface area contributed by atoms with Crippen LogP contribution in [-0.4, -0.2) is 23.6 Å². The molecule has 0 atom stereocenters. The molecule has 0 aliphatic heterocycles. The number of hydrogen-bond donors (Lipinski definition) is 2. The first-order valence-electron chi connectivity index (χ1n) is 7.70. The van der Waals surface area contributed by atoms with E-state index in [2.05, 4.69) is 10.6 Å². The van der Waals surface area contributed by atoms with Gasteiger partial charge in [0.15, 0.2) is 0 Å². The van der Waals surface area contributed by atoms with Gasteiger partial charge in [0.25, 0.3) is 5.91 Å². The summed E-state index contributed by atoms with van der Waals surface area (Å²) in [6, 6.07) is 13.4. The molecule has 0 spiro atoms. The number of nitrogens with one attached hydrogen (secondary N) is 2. The van der Waals surface area contributed by atoms with Gasteiger partial charge in [0.2, 0.25) is 5.91 Å². The quantitative estimate of drug-likeness (QED) is 0.789. The number of hydrogen-bond acceptors (Lipinski definition) is 3. The van der Waals surface area contributed by atoms with Gasteiger partial charge >= 0.3 is 0 Å². The van der Waals surface area contributed by atoms with E-state index in [1.165, 1.54) is 6.07 Å². The molecule has 2 aromatic rings. The summed E-state index contributed by atoms with van der Waals surface area (Å²) < 4.78 is 13.6. The second-order valence-electron chi connectivity index (χ2n) is 5.56. The van der Waals surface area contributed by atoms with E-state index in [0.29, 0.717) is 16.1 Å². The Morgan fingerprint density at radius 2 is 1.79 bits per heavy atom. The molecule has 3 rings (SSSR count). The van der Waals surface area contributed by atoms with Crippen LogP contribution >= 0.6 is 11.8 Å². The summed E-state index contributed by atoms with van der Waals surface area (Å²) in [6.07, 6.45) is 2.00. The monoisotopic (exact) mass is 344 g/mol. The Hall–Kier alpha value is -2.34. The Bertz CT molecular complexity index is 762. The van der Waals surface area contributed by atoms with E-state index in [-0.39, 0.29) is 29.4 Å². The average Bonchev–Trinajstić information content (AvgIpc) is 3.38. The highest BCUT2D eigenvalue weighted by Gasteiger charge is 2.25. The first-order valence-corrected chi connectivity index (χ1v) is 8.69. The summed E-state index contributed by atoms with van der Waals surface area (Å²) in [5, 5.41) is 5.64. The van der Waals surface area contributed by atoms with Gasteiger partial charge in [-0.2, -0.15) is 0 Å². The van der Waals surface area contributed by atoms with Crippen molar-refractivity contribution in [2.75, 3.05) is 11.1 Å². The molecule has 0 bridgehead atoms. The van der Waals surface area contributed by atoms with Crippen molar-refractivity contribution in [2.45, 2.75) is 23.8 Å². The van der Waals surface area contributed by atoms with Gasteiger partial charge in [0.1, 0.15) is 5.82 Å². The zero-order valence-corrected chi connectivity index (χ0v) is 13.7. The number of carbonyl (C=O) groups excluding carboxylic acids is 2. The molecule has 0 heterocycles. The number of thioether (sulfide) groups is 1. The topological polar surface area (TPSA) is 58.2 Å². The standard InChI is InChI=1S/C18H17FN2O2S/c19-14-6-2-4-8-16(14)24-11-17(22)21-15-7-3-1-5-13(15)18(23)20-12-9-10-12/h1-8,12H,9-11H2,(H,20,23)(H,21,22). The lowest BCUT2D eigenvalue weighted by molar-refractivity contribution is -0.113. The molecule has 0 aromatic heterocycles. The third kappa shape index (κ3) is 4.35. The molecular formula is C18H17FN2O2S. The van der Waals surface area contributed by atoms with Crippen LogP contribution in [0.25, 0.3) is 0 Å². The largest absolute Gasteiger partial charge is 0.349 e. The van der Waals surface area contributed by atoms with Gasteiger partial charge in [0.05, 0.1) is 17.0 Å². The van der Waals surface area contributed by atoms with Crippen LogP contribution in [0.1, 0.15) is 23.2 Å².